The van der Waals surface area contributed by atoms with Crippen LogP contribution in [0.25, 0.3) is 49.6 Å². The van der Waals surface area contributed by atoms with Crippen molar-refractivity contribution in [1.82, 2.24) is 4.57 Å². The third-order valence-corrected chi connectivity index (χ3v) is 12.7. The first kappa shape index (κ1) is 37.7. The Balaban J connectivity index is 1.14. The summed E-state index contributed by atoms with van der Waals surface area (Å²) >= 11 is 0. The number of anilines is 4. The van der Waals surface area contributed by atoms with Gasteiger partial charge in [0.15, 0.2) is 0 Å². The Kier molecular flexibility index (Phi) is 8.49. The average molecular weight is 790 g/mol. The molecule has 9 aromatic rings. The van der Waals surface area contributed by atoms with Crippen LogP contribution in [-0.4, -0.2) is 10.7 Å². The fourth-order valence-corrected chi connectivity index (χ4v) is 9.39. The second-order valence-electron chi connectivity index (χ2n) is 18.7. The lowest BCUT2D eigenvalue weighted by atomic mass is 9.85. The standard InChI is InChI=1S/C54H53N4O2/c1-33-45(57-35(3)56(42-21-14-15-22-43(42)57)44-23-17-25-48-51(44)40-19-12-16-24-47(40)60-48)30-37(54(7,8)9)31-49(33)59-46-27-26-39-38-18-11-13-20-41(38)58(52(39)34(46)2)50-32-36(53(4,5)6)28-29-55(50)10/h11-32,35H,1-10H3/q+1. The second kappa shape index (κ2) is 13.5. The molecule has 1 unspecified atom stereocenters. The summed E-state index contributed by atoms with van der Waals surface area (Å²) in [7, 11) is 2.14. The van der Waals surface area contributed by atoms with Gasteiger partial charge in [-0.2, -0.15) is 4.57 Å². The highest BCUT2D eigenvalue weighted by Gasteiger charge is 2.38. The van der Waals surface area contributed by atoms with Crippen molar-refractivity contribution in [2.24, 2.45) is 7.05 Å². The predicted molar refractivity (Wildman–Crippen MR) is 249 cm³/mol. The monoisotopic (exact) mass is 789 g/mol. The number of hydrogen-bond acceptors (Lipinski definition) is 4. The zero-order valence-corrected chi connectivity index (χ0v) is 36.4. The Labute approximate surface area is 352 Å². The van der Waals surface area contributed by atoms with Crippen LogP contribution in [0.1, 0.15) is 70.7 Å². The molecule has 0 radical (unpaired) electrons. The first-order chi connectivity index (χ1) is 28.7. The lowest BCUT2D eigenvalue weighted by molar-refractivity contribution is -0.665. The van der Waals surface area contributed by atoms with Gasteiger partial charge in [-0.05, 0) is 116 Å². The molecule has 10 rings (SSSR count). The van der Waals surface area contributed by atoms with Crippen molar-refractivity contribution in [2.75, 3.05) is 9.80 Å². The third-order valence-electron chi connectivity index (χ3n) is 12.7. The minimum atomic E-state index is -0.137. The largest absolute Gasteiger partial charge is 0.457 e. The second-order valence-corrected chi connectivity index (χ2v) is 18.7. The molecule has 6 nitrogen and oxygen atoms in total. The van der Waals surface area contributed by atoms with Crippen molar-refractivity contribution in [2.45, 2.75) is 79.3 Å². The lowest BCUT2D eigenvalue weighted by Gasteiger charge is -2.33. The quantitative estimate of drug-likeness (QED) is 0.163. The summed E-state index contributed by atoms with van der Waals surface area (Å²) in [6, 6.07) is 45.9. The summed E-state index contributed by atoms with van der Waals surface area (Å²) in [5.74, 6) is 2.82. The van der Waals surface area contributed by atoms with E-state index in [4.69, 9.17) is 9.15 Å². The molecular formula is C54H53N4O2+. The predicted octanol–water partition coefficient (Wildman–Crippen LogP) is 14.1. The fourth-order valence-electron chi connectivity index (χ4n) is 9.39. The first-order valence-electron chi connectivity index (χ1n) is 21.1. The van der Waals surface area contributed by atoms with E-state index in [2.05, 4.69) is 216 Å². The highest BCUT2D eigenvalue weighted by atomic mass is 16.5. The topological polar surface area (TPSA) is 37.7 Å². The van der Waals surface area contributed by atoms with Gasteiger partial charge >= 0.3 is 0 Å². The Bertz CT molecular complexity index is 3170. The smallest absolute Gasteiger partial charge is 0.287 e. The van der Waals surface area contributed by atoms with E-state index in [0.717, 1.165) is 78.6 Å². The number of ether oxygens (including phenoxy) is 1. The number of rotatable bonds is 5. The Hall–Kier alpha value is -6.53. The molecule has 0 spiro atoms. The number of pyridine rings is 1. The van der Waals surface area contributed by atoms with Crippen molar-refractivity contribution < 1.29 is 13.7 Å². The summed E-state index contributed by atoms with van der Waals surface area (Å²) in [6.07, 6.45) is 2.13. The van der Waals surface area contributed by atoms with Crippen LogP contribution in [0, 0.1) is 13.8 Å². The first-order valence-corrected chi connectivity index (χ1v) is 21.1. The van der Waals surface area contributed by atoms with Gasteiger partial charge in [0.25, 0.3) is 5.82 Å². The molecule has 6 aromatic carbocycles. The number of nitrogens with zero attached hydrogens (tertiary/aromatic N) is 4. The molecule has 6 heteroatoms. The Morgan fingerprint density at radius 1 is 0.567 bits per heavy atom. The van der Waals surface area contributed by atoms with Crippen LogP contribution in [0.2, 0.25) is 0 Å². The molecule has 0 amide bonds. The van der Waals surface area contributed by atoms with Gasteiger partial charge in [-0.15, -0.1) is 0 Å². The molecule has 0 saturated heterocycles. The third kappa shape index (κ3) is 5.79. The molecule has 1 aliphatic rings. The molecule has 3 aromatic heterocycles. The number of aromatic nitrogens is 2. The maximum absolute atomic E-state index is 7.24. The van der Waals surface area contributed by atoms with Gasteiger partial charge in [0.05, 0.1) is 41.4 Å². The van der Waals surface area contributed by atoms with Gasteiger partial charge in [-0.25, -0.2) is 4.57 Å². The van der Waals surface area contributed by atoms with E-state index >= 15 is 0 Å². The molecule has 60 heavy (non-hydrogen) atoms. The van der Waals surface area contributed by atoms with Crippen LogP contribution in [-0.2, 0) is 17.9 Å². The van der Waals surface area contributed by atoms with E-state index in [-0.39, 0.29) is 17.0 Å². The van der Waals surface area contributed by atoms with E-state index in [1.807, 2.05) is 6.07 Å². The van der Waals surface area contributed by atoms with Crippen LogP contribution >= 0.6 is 0 Å². The van der Waals surface area contributed by atoms with Crippen molar-refractivity contribution in [3.05, 3.63) is 156 Å². The molecule has 0 bridgehead atoms. The number of furan rings is 1. The van der Waals surface area contributed by atoms with Gasteiger partial charge in [0.1, 0.15) is 39.9 Å². The van der Waals surface area contributed by atoms with Crippen molar-refractivity contribution in [3.63, 3.8) is 0 Å². The number of aryl methyl sites for hydroxylation is 2. The maximum Gasteiger partial charge on any atom is 0.287 e. The number of fused-ring (bicyclic) bond motifs is 7. The zero-order valence-electron chi connectivity index (χ0n) is 36.4. The van der Waals surface area contributed by atoms with Crippen molar-refractivity contribution in [3.8, 4) is 17.3 Å². The van der Waals surface area contributed by atoms with Gasteiger partial charge in [0.2, 0.25) is 0 Å². The van der Waals surface area contributed by atoms with Crippen molar-refractivity contribution >= 4 is 66.5 Å². The van der Waals surface area contributed by atoms with E-state index in [9.17, 15) is 0 Å². The number of benzene rings is 6. The lowest BCUT2D eigenvalue weighted by Crippen LogP contribution is -2.36. The normalized spacial score (nSPS) is 14.6. The SMILES string of the molecule is Cc1c(Oc2ccc3c4ccccc4n(-c4cc(C(C)(C)C)cc[n+]4C)c3c2C)cc(C(C)(C)C)cc1N1c2ccccc2N(c2cccc3oc4ccccc4c23)C1C. The van der Waals surface area contributed by atoms with Gasteiger partial charge < -0.3 is 19.0 Å². The molecule has 0 N–H and O–H groups in total. The molecule has 1 atom stereocenters. The summed E-state index contributed by atoms with van der Waals surface area (Å²) in [4.78, 5) is 4.96. The highest BCUT2D eigenvalue weighted by molar-refractivity contribution is 6.13. The molecule has 0 saturated carbocycles. The van der Waals surface area contributed by atoms with E-state index in [0.29, 0.717) is 0 Å². The summed E-state index contributed by atoms with van der Waals surface area (Å²) in [5, 5.41) is 4.68. The maximum atomic E-state index is 7.24. The number of hydrogen-bond donors (Lipinski definition) is 0. The minimum Gasteiger partial charge on any atom is -0.457 e. The molecule has 4 heterocycles. The van der Waals surface area contributed by atoms with Gasteiger partial charge in [0, 0.05) is 33.4 Å². The summed E-state index contributed by atoms with van der Waals surface area (Å²) in [6.45, 7) is 20.4. The average Bonchev–Trinajstić information content (AvgIpc) is 3.86. The molecule has 1 aliphatic heterocycles. The van der Waals surface area contributed by atoms with Gasteiger partial charge in [-0.1, -0.05) is 90.1 Å². The molecular weight excluding hydrogens is 737 g/mol. The molecule has 0 aliphatic carbocycles. The van der Waals surface area contributed by atoms with Crippen LogP contribution < -0.4 is 19.1 Å². The summed E-state index contributed by atoms with van der Waals surface area (Å²) in [5.41, 5.74) is 13.2. The zero-order chi connectivity index (χ0) is 41.8. The van der Waals surface area contributed by atoms with E-state index < -0.39 is 0 Å². The fraction of sp³-hybridized carbons (Fsp3) is 0.241. The van der Waals surface area contributed by atoms with Gasteiger partial charge in [-0.3, -0.25) is 0 Å². The van der Waals surface area contributed by atoms with Crippen LogP contribution in [0.3, 0.4) is 0 Å². The van der Waals surface area contributed by atoms with Crippen LogP contribution in [0.5, 0.6) is 11.5 Å². The Morgan fingerprint density at radius 2 is 1.20 bits per heavy atom. The van der Waals surface area contributed by atoms with Crippen LogP contribution in [0.4, 0.5) is 22.7 Å². The molecule has 0 fully saturated rings. The van der Waals surface area contributed by atoms with Crippen molar-refractivity contribution in [1.29, 1.82) is 0 Å². The van der Waals surface area contributed by atoms with E-state index in [1.165, 1.54) is 27.4 Å². The Morgan fingerprint density at radius 3 is 1.93 bits per heavy atom. The van der Waals surface area contributed by atoms with Crippen LogP contribution in [0.15, 0.2) is 138 Å². The van der Waals surface area contributed by atoms with E-state index in [1.54, 1.807) is 0 Å². The highest BCUT2D eigenvalue weighted by Crippen LogP contribution is 2.52. The number of para-hydroxylation sites is 4. The minimum absolute atomic E-state index is 0.00371. The molecule has 300 valence electrons. The summed E-state index contributed by atoms with van der Waals surface area (Å²) < 4.78 is 18.3.